The predicted molar refractivity (Wildman–Crippen MR) is 144 cm³/mol. The Morgan fingerprint density at radius 1 is 0.806 bits per heavy atom. The van der Waals surface area contributed by atoms with Gasteiger partial charge in [0, 0.05) is 23.8 Å². The van der Waals surface area contributed by atoms with Crippen LogP contribution in [0.3, 0.4) is 0 Å². The van der Waals surface area contributed by atoms with E-state index in [2.05, 4.69) is 32.9 Å². The highest BCUT2D eigenvalue weighted by Gasteiger charge is 2.19. The van der Waals surface area contributed by atoms with Crippen molar-refractivity contribution in [3.05, 3.63) is 81.1 Å². The van der Waals surface area contributed by atoms with Crippen LogP contribution >= 0.6 is 0 Å². The molecule has 3 rings (SSSR count). The molecule has 3 aromatic rings. The Morgan fingerprint density at radius 3 is 2.14 bits per heavy atom. The lowest BCUT2D eigenvalue weighted by atomic mass is 10.0. The molecule has 0 saturated heterocycles. The molecule has 0 bridgehead atoms. The topological polar surface area (TPSA) is 111 Å². The lowest BCUT2D eigenvalue weighted by Gasteiger charge is -2.11. The van der Waals surface area contributed by atoms with Crippen LogP contribution in [0.5, 0.6) is 23.0 Å². The summed E-state index contributed by atoms with van der Waals surface area (Å²) in [4.78, 5) is 12.8. The van der Waals surface area contributed by atoms with E-state index in [-0.39, 0.29) is 45.3 Å². The van der Waals surface area contributed by atoms with Crippen LogP contribution in [0.2, 0.25) is 0 Å². The van der Waals surface area contributed by atoms with Crippen LogP contribution in [0, 0.1) is 0 Å². The molecule has 0 unspecified atom stereocenters. The molecule has 6 nitrogen and oxygen atoms in total. The minimum atomic E-state index is -0.507. The Labute approximate surface area is 211 Å². The third-order valence-corrected chi connectivity index (χ3v) is 6.08. The minimum absolute atomic E-state index is 0.0363. The van der Waals surface area contributed by atoms with Crippen LogP contribution in [0.25, 0.3) is 22.3 Å². The van der Waals surface area contributed by atoms with Crippen molar-refractivity contribution in [2.45, 2.75) is 59.8 Å². The largest absolute Gasteiger partial charge is 0.508 e. The average Bonchev–Trinajstić information content (AvgIpc) is 2.78. The van der Waals surface area contributed by atoms with E-state index in [1.54, 1.807) is 0 Å². The maximum absolute atomic E-state index is 12.8. The summed E-state index contributed by atoms with van der Waals surface area (Å²) in [6.07, 6.45) is 10.6. The molecule has 0 aliphatic rings. The highest BCUT2D eigenvalue weighted by Crippen LogP contribution is 2.38. The van der Waals surface area contributed by atoms with Crippen molar-refractivity contribution in [1.82, 2.24) is 0 Å². The summed E-state index contributed by atoms with van der Waals surface area (Å²) in [6.45, 7) is 8.36. The standard InChI is InChI=1S/C30H34O6/c1-18(2)7-5-8-19(3)9-6-10-20(4)11-13-23-25(33)16-26(34)29-27(35)17-28(36-30(23)29)22-14-12-21(31)15-24(22)32/h7,9,11-12,14-17,31-34H,5-6,8,10,13H2,1-4H3/b19-9+,20-11+. The van der Waals surface area contributed by atoms with E-state index in [1.807, 2.05) is 13.0 Å². The van der Waals surface area contributed by atoms with Gasteiger partial charge in [0.2, 0.25) is 0 Å². The Morgan fingerprint density at radius 2 is 1.47 bits per heavy atom. The molecule has 0 fully saturated rings. The van der Waals surface area contributed by atoms with Gasteiger partial charge in [-0.1, -0.05) is 34.9 Å². The molecule has 0 atom stereocenters. The number of phenolic OH excluding ortho intramolecular Hbond substituents is 4. The third-order valence-electron chi connectivity index (χ3n) is 6.08. The number of hydrogen-bond donors (Lipinski definition) is 4. The summed E-state index contributed by atoms with van der Waals surface area (Å²) in [7, 11) is 0. The zero-order valence-corrected chi connectivity index (χ0v) is 21.3. The molecular formula is C30H34O6. The van der Waals surface area contributed by atoms with Gasteiger partial charge >= 0.3 is 0 Å². The number of benzene rings is 2. The fraction of sp³-hybridized carbons (Fsp3) is 0.300. The summed E-state index contributed by atoms with van der Waals surface area (Å²) in [6, 6.07) is 6.25. The molecule has 6 heteroatoms. The van der Waals surface area contributed by atoms with Gasteiger partial charge in [-0.3, -0.25) is 4.79 Å². The quantitative estimate of drug-likeness (QED) is 0.235. The Kier molecular flexibility index (Phi) is 8.64. The maximum Gasteiger partial charge on any atom is 0.197 e. The van der Waals surface area contributed by atoms with Gasteiger partial charge in [-0.25, -0.2) is 0 Å². The Hall–Kier alpha value is -3.93. The zero-order chi connectivity index (χ0) is 26.4. The van der Waals surface area contributed by atoms with Gasteiger partial charge in [0.15, 0.2) is 5.43 Å². The highest BCUT2D eigenvalue weighted by molar-refractivity contribution is 5.89. The van der Waals surface area contributed by atoms with Crippen molar-refractivity contribution in [3.8, 4) is 34.3 Å². The molecule has 0 radical (unpaired) electrons. The van der Waals surface area contributed by atoms with Crippen LogP contribution in [-0.2, 0) is 6.42 Å². The average molecular weight is 491 g/mol. The lowest BCUT2D eigenvalue weighted by Crippen LogP contribution is -2.03. The zero-order valence-electron chi connectivity index (χ0n) is 21.3. The van der Waals surface area contributed by atoms with Gasteiger partial charge in [0.1, 0.15) is 39.7 Å². The van der Waals surface area contributed by atoms with E-state index in [0.29, 0.717) is 12.0 Å². The molecule has 0 amide bonds. The molecule has 36 heavy (non-hydrogen) atoms. The van der Waals surface area contributed by atoms with Crippen molar-refractivity contribution in [1.29, 1.82) is 0 Å². The van der Waals surface area contributed by atoms with Gasteiger partial charge in [-0.2, -0.15) is 0 Å². The summed E-state index contributed by atoms with van der Waals surface area (Å²) in [5.41, 5.74) is 3.93. The van der Waals surface area contributed by atoms with Crippen LogP contribution in [0.1, 0.15) is 58.9 Å². The number of aromatic hydroxyl groups is 4. The number of allylic oxidation sites excluding steroid dienone is 6. The third kappa shape index (κ3) is 6.60. The second kappa shape index (κ2) is 11.7. The second-order valence-corrected chi connectivity index (χ2v) is 9.44. The number of fused-ring (bicyclic) bond motifs is 1. The summed E-state index contributed by atoms with van der Waals surface area (Å²) >= 11 is 0. The monoisotopic (exact) mass is 490 g/mol. The number of phenols is 4. The maximum atomic E-state index is 12.8. The molecular weight excluding hydrogens is 456 g/mol. The van der Waals surface area contributed by atoms with Crippen LogP contribution < -0.4 is 5.43 Å². The van der Waals surface area contributed by atoms with Gasteiger partial charge in [-0.05, 0) is 71.9 Å². The first-order chi connectivity index (χ1) is 17.1. The summed E-state index contributed by atoms with van der Waals surface area (Å²) in [5.74, 6) is -0.895. The van der Waals surface area contributed by atoms with Gasteiger partial charge in [0.05, 0.1) is 5.56 Å². The molecule has 0 aliphatic carbocycles. The van der Waals surface area contributed by atoms with Crippen LogP contribution in [0.4, 0.5) is 0 Å². The van der Waals surface area contributed by atoms with Gasteiger partial charge < -0.3 is 24.8 Å². The molecule has 1 aromatic heterocycles. The van der Waals surface area contributed by atoms with Crippen molar-refractivity contribution >= 4 is 11.0 Å². The summed E-state index contributed by atoms with van der Waals surface area (Å²) < 4.78 is 5.94. The fourth-order valence-electron chi connectivity index (χ4n) is 4.03. The van der Waals surface area contributed by atoms with Gasteiger partial charge in [-0.15, -0.1) is 0 Å². The first-order valence-electron chi connectivity index (χ1n) is 12.1. The van der Waals surface area contributed by atoms with Crippen molar-refractivity contribution in [2.75, 3.05) is 0 Å². The molecule has 4 N–H and O–H groups in total. The van der Waals surface area contributed by atoms with Gasteiger partial charge in [0.25, 0.3) is 0 Å². The molecule has 2 aromatic carbocycles. The van der Waals surface area contributed by atoms with E-state index in [1.165, 1.54) is 29.3 Å². The van der Waals surface area contributed by atoms with Crippen molar-refractivity contribution < 1.29 is 24.8 Å². The van der Waals surface area contributed by atoms with Crippen LogP contribution in [-0.4, -0.2) is 20.4 Å². The van der Waals surface area contributed by atoms with E-state index in [0.717, 1.165) is 43.4 Å². The number of rotatable bonds is 9. The van der Waals surface area contributed by atoms with E-state index in [9.17, 15) is 25.2 Å². The molecule has 0 aliphatic heterocycles. The first kappa shape index (κ1) is 26.7. The first-order valence-corrected chi connectivity index (χ1v) is 12.1. The number of hydrogen-bond acceptors (Lipinski definition) is 6. The summed E-state index contributed by atoms with van der Waals surface area (Å²) in [5, 5.41) is 40.6. The van der Waals surface area contributed by atoms with Crippen LogP contribution in [0.15, 0.2) is 74.5 Å². The molecule has 0 spiro atoms. The molecule has 1 heterocycles. The van der Waals surface area contributed by atoms with Crippen molar-refractivity contribution in [2.24, 2.45) is 0 Å². The highest BCUT2D eigenvalue weighted by atomic mass is 16.3. The molecule has 0 saturated carbocycles. The van der Waals surface area contributed by atoms with E-state index in [4.69, 9.17) is 4.42 Å². The SMILES string of the molecule is CC(C)=CCC/C(C)=C/CC/C(C)=C/Cc1c(O)cc(O)c2c(=O)cc(-c3ccc(O)cc3O)oc12. The minimum Gasteiger partial charge on any atom is -0.508 e. The molecule has 190 valence electrons. The second-order valence-electron chi connectivity index (χ2n) is 9.44. The van der Waals surface area contributed by atoms with E-state index >= 15 is 0 Å². The fourth-order valence-corrected chi connectivity index (χ4v) is 4.03. The normalized spacial score (nSPS) is 12.2. The Balaban J connectivity index is 1.87. The lowest BCUT2D eigenvalue weighted by molar-refractivity contribution is 0.447. The van der Waals surface area contributed by atoms with Crippen molar-refractivity contribution in [3.63, 3.8) is 0 Å². The Bertz CT molecular complexity index is 1400. The predicted octanol–water partition coefficient (Wildman–Crippen LogP) is 7.24. The smallest absolute Gasteiger partial charge is 0.197 e. The van der Waals surface area contributed by atoms with E-state index < -0.39 is 5.43 Å².